The molecule has 0 saturated heterocycles. The second-order valence-electron chi connectivity index (χ2n) is 5.78. The molecule has 9 heteroatoms. The van der Waals surface area contributed by atoms with Crippen molar-refractivity contribution in [2.45, 2.75) is 24.9 Å². The number of sulfonamides is 1. The van der Waals surface area contributed by atoms with E-state index in [9.17, 15) is 18.0 Å². The summed E-state index contributed by atoms with van der Waals surface area (Å²) in [5.41, 5.74) is 1.43. The zero-order valence-corrected chi connectivity index (χ0v) is 16.5. The molecule has 0 aliphatic heterocycles. The maximum atomic E-state index is 12.3. The number of H-pyrrole nitrogens is 1. The summed E-state index contributed by atoms with van der Waals surface area (Å²) in [6.07, 6.45) is 2.71. The number of anilines is 1. The molecular formula is C17H21N3O4S2. The number of carbonyl (C=O) groups excluding carboxylic acids is 1. The van der Waals surface area contributed by atoms with Gasteiger partial charge in [0.2, 0.25) is 10.0 Å². The first kappa shape index (κ1) is 20.2. The van der Waals surface area contributed by atoms with Gasteiger partial charge in [-0.2, -0.15) is 0 Å². The summed E-state index contributed by atoms with van der Waals surface area (Å²) < 4.78 is 24.2. The molecule has 0 fully saturated rings. The first-order chi connectivity index (χ1) is 12.2. The van der Waals surface area contributed by atoms with Gasteiger partial charge in [0.25, 0.3) is 5.56 Å². The van der Waals surface area contributed by atoms with Gasteiger partial charge in [-0.1, -0.05) is 25.1 Å². The number of benzene rings is 1. The predicted octanol–water partition coefficient (Wildman–Crippen LogP) is 2.09. The number of hydrogen-bond acceptors (Lipinski definition) is 6. The van der Waals surface area contributed by atoms with Crippen molar-refractivity contribution in [2.75, 3.05) is 23.4 Å². The molecule has 2 rings (SSSR count). The van der Waals surface area contributed by atoms with Crippen LogP contribution in [0.2, 0.25) is 0 Å². The number of thioether (sulfide) groups is 1. The largest absolute Gasteiger partial charge is 0.301 e. The van der Waals surface area contributed by atoms with Crippen LogP contribution >= 0.6 is 11.8 Å². The van der Waals surface area contributed by atoms with Crippen LogP contribution in [-0.4, -0.2) is 43.2 Å². The fraction of sp³-hybridized carbons (Fsp3) is 0.353. The van der Waals surface area contributed by atoms with Gasteiger partial charge in [-0.3, -0.25) is 13.9 Å². The summed E-state index contributed by atoms with van der Waals surface area (Å²) in [6, 6.07) is 7.81. The monoisotopic (exact) mass is 395 g/mol. The maximum absolute atomic E-state index is 12.3. The summed E-state index contributed by atoms with van der Waals surface area (Å²) in [7, 11) is -1.89. The molecule has 0 amide bonds. The Labute approximate surface area is 156 Å². The van der Waals surface area contributed by atoms with Gasteiger partial charge >= 0.3 is 0 Å². The number of carbonyl (C=O) groups is 1. The van der Waals surface area contributed by atoms with Crippen LogP contribution in [0.4, 0.5) is 5.69 Å². The minimum Gasteiger partial charge on any atom is -0.301 e. The van der Waals surface area contributed by atoms with Gasteiger partial charge in [-0.05, 0) is 30.7 Å². The lowest BCUT2D eigenvalue weighted by Crippen LogP contribution is -2.24. The highest BCUT2D eigenvalue weighted by Crippen LogP contribution is 2.19. The topological polar surface area (TPSA) is 100 Å². The molecule has 0 bridgehead atoms. The van der Waals surface area contributed by atoms with Crippen molar-refractivity contribution >= 4 is 33.3 Å². The van der Waals surface area contributed by atoms with E-state index < -0.39 is 10.0 Å². The molecule has 0 saturated carbocycles. The van der Waals surface area contributed by atoms with E-state index in [0.717, 1.165) is 17.0 Å². The second kappa shape index (κ2) is 8.50. The van der Waals surface area contributed by atoms with Crippen LogP contribution in [0.1, 0.15) is 29.4 Å². The molecule has 1 aromatic heterocycles. The summed E-state index contributed by atoms with van der Waals surface area (Å²) in [6.45, 7) is 2.00. The number of ketones is 1. The number of aryl methyl sites for hydroxylation is 1. The minimum atomic E-state index is -3.35. The number of nitrogens with zero attached hydrogens (tertiary/aromatic N) is 2. The summed E-state index contributed by atoms with van der Waals surface area (Å²) >= 11 is 1.17. The van der Waals surface area contributed by atoms with Crippen molar-refractivity contribution in [1.82, 2.24) is 9.97 Å². The molecule has 0 aliphatic rings. The maximum Gasteiger partial charge on any atom is 0.251 e. The van der Waals surface area contributed by atoms with Crippen molar-refractivity contribution in [3.05, 3.63) is 51.9 Å². The SMILES string of the molecule is CCCc1cc(=O)[nH]c(SCC(=O)c2ccc(N(C)S(C)(=O)=O)cc2)n1. The van der Waals surface area contributed by atoms with Crippen LogP contribution in [0.3, 0.4) is 0 Å². The van der Waals surface area contributed by atoms with Gasteiger partial charge in [0.15, 0.2) is 10.9 Å². The van der Waals surface area contributed by atoms with E-state index in [-0.39, 0.29) is 17.1 Å². The lowest BCUT2D eigenvalue weighted by molar-refractivity contribution is 0.102. The lowest BCUT2D eigenvalue weighted by Gasteiger charge is -2.16. The van der Waals surface area contributed by atoms with Crippen LogP contribution in [-0.2, 0) is 16.4 Å². The van der Waals surface area contributed by atoms with Crippen molar-refractivity contribution in [2.24, 2.45) is 0 Å². The van der Waals surface area contributed by atoms with E-state index in [1.807, 2.05) is 6.92 Å². The van der Waals surface area contributed by atoms with Crippen LogP contribution < -0.4 is 9.86 Å². The highest BCUT2D eigenvalue weighted by Gasteiger charge is 2.13. The molecule has 1 aromatic carbocycles. The van der Waals surface area contributed by atoms with E-state index in [0.29, 0.717) is 28.5 Å². The van der Waals surface area contributed by atoms with E-state index >= 15 is 0 Å². The first-order valence-electron chi connectivity index (χ1n) is 8.01. The number of Topliss-reactive ketones (excluding diaryl/α,β-unsaturated/α-hetero) is 1. The van der Waals surface area contributed by atoms with Gasteiger partial charge in [0, 0.05) is 24.4 Å². The number of hydrogen-bond donors (Lipinski definition) is 1. The Hall–Kier alpha value is -2.13. The molecule has 1 N–H and O–H groups in total. The van der Waals surface area contributed by atoms with Crippen LogP contribution in [0.15, 0.2) is 40.3 Å². The molecule has 2 aromatic rings. The molecule has 0 radical (unpaired) electrons. The smallest absolute Gasteiger partial charge is 0.251 e. The Balaban J connectivity index is 2.05. The van der Waals surface area contributed by atoms with Gasteiger partial charge < -0.3 is 4.98 Å². The molecular weight excluding hydrogens is 374 g/mol. The molecule has 0 aliphatic carbocycles. The van der Waals surface area contributed by atoms with Gasteiger partial charge in [0.1, 0.15) is 0 Å². The highest BCUT2D eigenvalue weighted by atomic mass is 32.2. The molecule has 7 nitrogen and oxygen atoms in total. The Bertz CT molecular complexity index is 937. The van der Waals surface area contributed by atoms with Gasteiger partial charge in [-0.25, -0.2) is 13.4 Å². The quantitative estimate of drug-likeness (QED) is 0.417. The van der Waals surface area contributed by atoms with Crippen LogP contribution in [0, 0.1) is 0 Å². The van der Waals surface area contributed by atoms with Crippen molar-refractivity contribution in [3.8, 4) is 0 Å². The third kappa shape index (κ3) is 5.43. The average molecular weight is 396 g/mol. The number of rotatable bonds is 8. The number of aromatic amines is 1. The van der Waals surface area contributed by atoms with Gasteiger partial charge in [-0.15, -0.1) is 0 Å². The van der Waals surface area contributed by atoms with Crippen LogP contribution in [0.5, 0.6) is 0 Å². The van der Waals surface area contributed by atoms with Gasteiger partial charge in [0.05, 0.1) is 17.7 Å². The summed E-state index contributed by atoms with van der Waals surface area (Å²) in [5.74, 6) is -0.00753. The first-order valence-corrected chi connectivity index (χ1v) is 10.8. The molecule has 26 heavy (non-hydrogen) atoms. The summed E-state index contributed by atoms with van der Waals surface area (Å²) in [5, 5.41) is 0.419. The second-order valence-corrected chi connectivity index (χ2v) is 8.76. The standard InChI is InChI=1S/C17H21N3O4S2/c1-4-5-13-10-16(22)19-17(18-13)25-11-15(21)12-6-8-14(9-7-12)20(2)26(3,23)24/h6-10H,4-5,11H2,1-3H3,(H,18,19,22). The third-order valence-corrected chi connectivity index (χ3v) is 5.75. The van der Waals surface area contributed by atoms with E-state index in [1.165, 1.54) is 24.9 Å². The van der Waals surface area contributed by atoms with E-state index in [2.05, 4.69) is 9.97 Å². The average Bonchev–Trinajstić information content (AvgIpc) is 2.58. The zero-order chi connectivity index (χ0) is 19.3. The Morgan fingerprint density at radius 1 is 1.27 bits per heavy atom. The van der Waals surface area contributed by atoms with E-state index in [4.69, 9.17) is 0 Å². The van der Waals surface area contributed by atoms with Crippen molar-refractivity contribution in [1.29, 1.82) is 0 Å². The fourth-order valence-corrected chi connectivity index (χ4v) is 3.50. The van der Waals surface area contributed by atoms with Crippen molar-refractivity contribution < 1.29 is 13.2 Å². The molecule has 0 unspecified atom stereocenters. The predicted molar refractivity (Wildman–Crippen MR) is 104 cm³/mol. The highest BCUT2D eigenvalue weighted by molar-refractivity contribution is 7.99. The normalized spacial score (nSPS) is 11.3. The minimum absolute atomic E-state index is 0.125. The summed E-state index contributed by atoms with van der Waals surface area (Å²) in [4.78, 5) is 30.9. The Kier molecular flexibility index (Phi) is 6.60. The third-order valence-electron chi connectivity index (χ3n) is 3.67. The van der Waals surface area contributed by atoms with E-state index in [1.54, 1.807) is 24.3 Å². The molecule has 0 atom stereocenters. The Morgan fingerprint density at radius 2 is 1.92 bits per heavy atom. The zero-order valence-electron chi connectivity index (χ0n) is 14.9. The Morgan fingerprint density at radius 3 is 2.50 bits per heavy atom. The number of nitrogens with one attached hydrogen (secondary N) is 1. The fourth-order valence-electron chi connectivity index (χ4n) is 2.20. The molecule has 140 valence electrons. The number of aromatic nitrogens is 2. The lowest BCUT2D eigenvalue weighted by atomic mass is 10.1. The van der Waals surface area contributed by atoms with Crippen LogP contribution in [0.25, 0.3) is 0 Å². The molecule has 1 heterocycles. The molecule has 0 spiro atoms. The van der Waals surface area contributed by atoms with Crippen molar-refractivity contribution in [3.63, 3.8) is 0 Å².